The molecule has 4 rings (SSSR count). The van der Waals surface area contributed by atoms with Gasteiger partial charge in [0.25, 0.3) is 0 Å². The molecule has 1 aromatic heterocycles. The maximum absolute atomic E-state index is 13.0. The van der Waals surface area contributed by atoms with Crippen LogP contribution in [-0.4, -0.2) is 47.2 Å². The summed E-state index contributed by atoms with van der Waals surface area (Å²) in [6.07, 6.45) is 1.51. The number of nitrogens with zero attached hydrogens (tertiary/aromatic N) is 3. The third kappa shape index (κ3) is 4.38. The second kappa shape index (κ2) is 8.55. The summed E-state index contributed by atoms with van der Waals surface area (Å²) in [5.74, 6) is -0.453. The van der Waals surface area contributed by atoms with Gasteiger partial charge in [-0.2, -0.15) is 0 Å². The topological polar surface area (TPSA) is 82.6 Å². The highest BCUT2D eigenvalue weighted by Gasteiger charge is 2.38. The Morgan fingerprint density at radius 3 is 2.43 bits per heavy atom. The van der Waals surface area contributed by atoms with Gasteiger partial charge in [0.15, 0.2) is 5.13 Å². The number of carbonyl (C=O) groups excluding carboxylic acids is 3. The number of likely N-dealkylation sites (tertiary alicyclic amines) is 1. The molecule has 2 fully saturated rings. The fourth-order valence-electron chi connectivity index (χ4n) is 4.09. The summed E-state index contributed by atoms with van der Waals surface area (Å²) in [6, 6.07) is 7.80. The number of piperidine rings is 1. The molecule has 2 aliphatic rings. The molecule has 158 valence electrons. The van der Waals surface area contributed by atoms with E-state index in [2.05, 4.69) is 10.3 Å². The molecule has 7 nitrogen and oxygen atoms in total. The lowest BCUT2D eigenvalue weighted by molar-refractivity contribution is -0.138. The van der Waals surface area contributed by atoms with Crippen molar-refractivity contribution in [2.75, 3.05) is 29.9 Å². The lowest BCUT2D eigenvalue weighted by Gasteiger charge is -2.32. The summed E-state index contributed by atoms with van der Waals surface area (Å²) in [7, 11) is 0. The van der Waals surface area contributed by atoms with Crippen LogP contribution >= 0.6 is 11.3 Å². The minimum absolute atomic E-state index is 0.00907. The second-order valence-electron chi connectivity index (χ2n) is 8.12. The molecule has 0 saturated carbocycles. The number of nitrogens with one attached hydrogen (secondary N) is 1. The summed E-state index contributed by atoms with van der Waals surface area (Å²) in [4.78, 5) is 45.7. The summed E-state index contributed by atoms with van der Waals surface area (Å²) >= 11 is 1.42. The Bertz CT molecular complexity index is 948. The van der Waals surface area contributed by atoms with Crippen molar-refractivity contribution in [1.82, 2.24) is 9.88 Å². The average molecular weight is 427 g/mol. The van der Waals surface area contributed by atoms with Crippen LogP contribution in [0.4, 0.5) is 10.8 Å². The zero-order valence-corrected chi connectivity index (χ0v) is 18.1. The standard InChI is InChI=1S/C22H26N4O3S/c1-14-3-5-18(6-4-14)26-12-17(11-19(26)27)21(29)25-9-7-16(8-10-25)20(28)24-22-23-15(2)13-30-22/h3-6,13,16-17H,7-12H2,1-2H3,(H,23,24,28)/t17-/m0/s1. The first-order chi connectivity index (χ1) is 14.4. The van der Waals surface area contributed by atoms with Gasteiger partial charge >= 0.3 is 0 Å². The van der Waals surface area contributed by atoms with Crippen LogP contribution in [0.5, 0.6) is 0 Å². The van der Waals surface area contributed by atoms with E-state index in [1.807, 2.05) is 48.4 Å². The highest BCUT2D eigenvalue weighted by molar-refractivity contribution is 7.13. The molecule has 0 radical (unpaired) electrons. The number of anilines is 2. The van der Waals surface area contributed by atoms with Gasteiger partial charge < -0.3 is 15.1 Å². The number of aromatic nitrogens is 1. The van der Waals surface area contributed by atoms with Gasteiger partial charge in [-0.25, -0.2) is 4.98 Å². The number of aryl methyl sites for hydroxylation is 2. The molecular formula is C22H26N4O3S. The maximum atomic E-state index is 13.0. The van der Waals surface area contributed by atoms with E-state index in [4.69, 9.17) is 0 Å². The average Bonchev–Trinajstić information content (AvgIpc) is 3.33. The number of thiazole rings is 1. The largest absolute Gasteiger partial charge is 0.342 e. The Morgan fingerprint density at radius 2 is 1.80 bits per heavy atom. The van der Waals surface area contributed by atoms with Crippen LogP contribution in [0.1, 0.15) is 30.5 Å². The van der Waals surface area contributed by atoms with Crippen molar-refractivity contribution >= 4 is 39.9 Å². The molecule has 1 N–H and O–H groups in total. The summed E-state index contributed by atoms with van der Waals surface area (Å²) in [5, 5.41) is 5.40. The Hall–Kier alpha value is -2.74. The minimum atomic E-state index is -0.317. The van der Waals surface area contributed by atoms with Crippen LogP contribution in [0, 0.1) is 25.7 Å². The Labute approximate surface area is 180 Å². The van der Waals surface area contributed by atoms with Gasteiger partial charge in [-0.3, -0.25) is 14.4 Å². The van der Waals surface area contributed by atoms with Crippen LogP contribution in [0.2, 0.25) is 0 Å². The van der Waals surface area contributed by atoms with Crippen LogP contribution in [-0.2, 0) is 14.4 Å². The number of hydrogen-bond donors (Lipinski definition) is 1. The lowest BCUT2D eigenvalue weighted by atomic mass is 9.94. The van der Waals surface area contributed by atoms with E-state index in [0.29, 0.717) is 37.6 Å². The smallest absolute Gasteiger partial charge is 0.229 e. The number of carbonyl (C=O) groups is 3. The fraction of sp³-hybridized carbons (Fsp3) is 0.455. The van der Waals surface area contributed by atoms with Gasteiger partial charge in [0.05, 0.1) is 11.6 Å². The molecule has 30 heavy (non-hydrogen) atoms. The third-order valence-corrected chi connectivity index (χ3v) is 6.72. The van der Waals surface area contributed by atoms with E-state index >= 15 is 0 Å². The quantitative estimate of drug-likeness (QED) is 0.815. The van der Waals surface area contributed by atoms with Crippen molar-refractivity contribution in [2.24, 2.45) is 11.8 Å². The Balaban J connectivity index is 1.30. The minimum Gasteiger partial charge on any atom is -0.342 e. The molecule has 3 heterocycles. The molecule has 2 saturated heterocycles. The Morgan fingerprint density at radius 1 is 1.10 bits per heavy atom. The van der Waals surface area contributed by atoms with Crippen LogP contribution in [0.15, 0.2) is 29.6 Å². The molecule has 2 aliphatic heterocycles. The summed E-state index contributed by atoms with van der Waals surface area (Å²) in [5.41, 5.74) is 2.87. The van der Waals surface area contributed by atoms with Crippen molar-refractivity contribution in [3.8, 4) is 0 Å². The highest BCUT2D eigenvalue weighted by Crippen LogP contribution is 2.28. The normalized spacial score (nSPS) is 19.9. The van der Waals surface area contributed by atoms with Gasteiger partial charge in [-0.1, -0.05) is 17.7 Å². The second-order valence-corrected chi connectivity index (χ2v) is 8.98. The lowest BCUT2D eigenvalue weighted by Crippen LogP contribution is -2.44. The van der Waals surface area contributed by atoms with Gasteiger partial charge in [-0.15, -0.1) is 11.3 Å². The zero-order valence-electron chi connectivity index (χ0n) is 17.3. The highest BCUT2D eigenvalue weighted by atomic mass is 32.1. The van der Waals surface area contributed by atoms with E-state index in [1.165, 1.54) is 11.3 Å². The van der Waals surface area contributed by atoms with Crippen molar-refractivity contribution in [1.29, 1.82) is 0 Å². The molecule has 8 heteroatoms. The molecule has 0 spiro atoms. The first-order valence-corrected chi connectivity index (χ1v) is 11.2. The number of amides is 3. The van der Waals surface area contributed by atoms with E-state index in [-0.39, 0.29) is 36.0 Å². The molecule has 0 aliphatic carbocycles. The summed E-state index contributed by atoms with van der Waals surface area (Å²) in [6.45, 7) is 5.41. The predicted octanol–water partition coefficient (Wildman–Crippen LogP) is 2.99. The molecule has 1 aromatic carbocycles. The molecule has 3 amide bonds. The van der Waals surface area contributed by atoms with Gasteiger partial charge in [0, 0.05) is 43.0 Å². The van der Waals surface area contributed by atoms with Crippen LogP contribution in [0.25, 0.3) is 0 Å². The van der Waals surface area contributed by atoms with Crippen molar-refractivity contribution in [3.63, 3.8) is 0 Å². The Kier molecular flexibility index (Phi) is 5.85. The SMILES string of the molecule is Cc1ccc(N2C[C@@H](C(=O)N3CCC(C(=O)Nc4nc(C)cs4)CC3)CC2=O)cc1. The number of rotatable bonds is 4. The first-order valence-electron chi connectivity index (χ1n) is 10.3. The maximum Gasteiger partial charge on any atom is 0.229 e. The van der Waals surface area contributed by atoms with Gasteiger partial charge in [0.1, 0.15) is 0 Å². The van der Waals surface area contributed by atoms with Crippen molar-refractivity contribution in [2.45, 2.75) is 33.1 Å². The zero-order chi connectivity index (χ0) is 21.3. The first kappa shape index (κ1) is 20.5. The molecule has 2 aromatic rings. The van der Waals surface area contributed by atoms with Crippen molar-refractivity contribution in [3.05, 3.63) is 40.9 Å². The van der Waals surface area contributed by atoms with Crippen molar-refractivity contribution < 1.29 is 14.4 Å². The molecule has 0 unspecified atom stereocenters. The van der Waals surface area contributed by atoms with Crippen LogP contribution < -0.4 is 10.2 Å². The van der Waals surface area contributed by atoms with Crippen LogP contribution in [0.3, 0.4) is 0 Å². The summed E-state index contributed by atoms with van der Waals surface area (Å²) < 4.78 is 0. The van der Waals surface area contributed by atoms with E-state index in [0.717, 1.165) is 16.9 Å². The number of hydrogen-bond acceptors (Lipinski definition) is 5. The molecular weight excluding hydrogens is 400 g/mol. The van der Waals surface area contributed by atoms with E-state index in [1.54, 1.807) is 4.90 Å². The fourth-order valence-corrected chi connectivity index (χ4v) is 4.78. The van der Waals surface area contributed by atoms with E-state index < -0.39 is 0 Å². The van der Waals surface area contributed by atoms with Gasteiger partial charge in [-0.05, 0) is 38.8 Å². The van der Waals surface area contributed by atoms with Gasteiger partial charge in [0.2, 0.25) is 17.7 Å². The predicted molar refractivity (Wildman–Crippen MR) is 116 cm³/mol. The monoisotopic (exact) mass is 426 g/mol. The molecule has 0 bridgehead atoms. The number of benzene rings is 1. The van der Waals surface area contributed by atoms with E-state index in [9.17, 15) is 14.4 Å². The third-order valence-electron chi connectivity index (χ3n) is 5.85. The molecule has 1 atom stereocenters.